The molecule has 2 aromatic rings. The molecular weight excluding hydrogens is 899 g/mol. The van der Waals surface area contributed by atoms with Gasteiger partial charge in [0.15, 0.2) is 5.78 Å². The second-order valence-electron chi connectivity index (χ2n) is 19.3. The van der Waals surface area contributed by atoms with Crippen molar-refractivity contribution in [2.24, 2.45) is 23.5 Å². The van der Waals surface area contributed by atoms with Gasteiger partial charge in [0.2, 0.25) is 17.7 Å². The third-order valence-electron chi connectivity index (χ3n) is 13.7. The van der Waals surface area contributed by atoms with E-state index in [0.29, 0.717) is 45.6 Å². The van der Waals surface area contributed by atoms with Crippen LogP contribution in [0.5, 0.6) is 5.75 Å². The van der Waals surface area contributed by atoms with Crippen molar-refractivity contribution in [3.05, 3.63) is 65.2 Å². The van der Waals surface area contributed by atoms with Crippen molar-refractivity contribution in [2.45, 2.75) is 116 Å². The molecule has 7 N–H and O–H groups in total. The molecule has 18 heteroatoms. The number of Topliss-reactive ketones (excluding diaryl/α,β-unsaturated/α-hetero) is 3. The van der Waals surface area contributed by atoms with E-state index in [1.165, 1.54) is 19.1 Å². The molecule has 2 aliphatic heterocycles. The monoisotopic (exact) mass is 976 g/mol. The lowest BCUT2D eigenvalue weighted by Crippen LogP contribution is -2.50. The van der Waals surface area contributed by atoms with E-state index in [2.05, 4.69) is 20.4 Å². The lowest BCUT2D eigenvalue weighted by atomic mass is 9.86. The first kappa shape index (κ1) is 57.0. The second kappa shape index (κ2) is 29.6. The SMILES string of the molecule is CCC(C)[C@H](NC(=O)[C@@H](CC(C)=O)Cc1ccc(O)cc1)C(=O)C[C@@H](CCC(N)=O)C(=O)NCc1ccc(CCC(=O)CCC(C(=O)O)N2CCCN3CCN(CCCN(CC(=O)O)CC3)CC2)cc1. The van der Waals surface area contributed by atoms with E-state index in [1.807, 2.05) is 47.9 Å². The maximum Gasteiger partial charge on any atom is 0.320 e. The molecule has 3 amide bonds. The van der Waals surface area contributed by atoms with Crippen LogP contribution in [0.15, 0.2) is 48.5 Å². The van der Waals surface area contributed by atoms with Crippen molar-refractivity contribution in [1.82, 2.24) is 30.2 Å². The number of aryl methyl sites for hydroxylation is 1. The van der Waals surface area contributed by atoms with E-state index < -0.39 is 53.6 Å². The molecule has 2 saturated heterocycles. The summed E-state index contributed by atoms with van der Waals surface area (Å²) in [5.74, 6) is -5.83. The van der Waals surface area contributed by atoms with Crippen molar-refractivity contribution in [1.29, 1.82) is 0 Å². The van der Waals surface area contributed by atoms with Crippen LogP contribution in [0.4, 0.5) is 0 Å². The number of ketones is 3. The van der Waals surface area contributed by atoms with E-state index in [0.717, 1.165) is 62.3 Å². The molecule has 2 fully saturated rings. The average Bonchev–Trinajstić information content (AvgIpc) is 3.32. The van der Waals surface area contributed by atoms with Crippen molar-refractivity contribution < 1.29 is 53.7 Å². The Labute approximate surface area is 412 Å². The highest BCUT2D eigenvalue weighted by Crippen LogP contribution is 2.22. The lowest BCUT2D eigenvalue weighted by molar-refractivity contribution is -0.144. The van der Waals surface area contributed by atoms with Gasteiger partial charge < -0.3 is 46.3 Å². The number of primary amides is 1. The molecule has 2 heterocycles. The molecule has 4 rings (SSSR count). The van der Waals surface area contributed by atoms with Gasteiger partial charge in [0.25, 0.3) is 0 Å². The van der Waals surface area contributed by atoms with Gasteiger partial charge in [-0.2, -0.15) is 0 Å². The van der Waals surface area contributed by atoms with Gasteiger partial charge in [-0.05, 0) is 93.3 Å². The number of hydrogen-bond acceptors (Lipinski definition) is 13. The maximum absolute atomic E-state index is 13.9. The summed E-state index contributed by atoms with van der Waals surface area (Å²) in [6.45, 7) is 12.5. The fourth-order valence-electron chi connectivity index (χ4n) is 9.31. The lowest BCUT2D eigenvalue weighted by Gasteiger charge is -2.37. The van der Waals surface area contributed by atoms with Gasteiger partial charge in [0.1, 0.15) is 23.4 Å². The number of aromatic hydroxyl groups is 1. The van der Waals surface area contributed by atoms with Crippen molar-refractivity contribution in [2.75, 3.05) is 72.0 Å². The summed E-state index contributed by atoms with van der Waals surface area (Å²) >= 11 is 0. The number of phenolic OH excluding ortho intramolecular Hbond substituents is 1. The van der Waals surface area contributed by atoms with E-state index in [-0.39, 0.29) is 93.5 Å². The molecule has 4 unspecified atom stereocenters. The maximum atomic E-state index is 13.9. The number of fused-ring (bicyclic) bond motifs is 3. The molecule has 0 radical (unpaired) electrons. The number of carboxylic acid groups (broad SMARTS) is 2. The van der Waals surface area contributed by atoms with Crippen LogP contribution in [0.3, 0.4) is 0 Å². The van der Waals surface area contributed by atoms with Crippen LogP contribution in [0, 0.1) is 17.8 Å². The first-order chi connectivity index (χ1) is 33.4. The highest BCUT2D eigenvalue weighted by Gasteiger charge is 2.33. The highest BCUT2D eigenvalue weighted by molar-refractivity contribution is 5.94. The second-order valence-corrected chi connectivity index (χ2v) is 19.3. The molecule has 70 heavy (non-hydrogen) atoms. The van der Waals surface area contributed by atoms with Crippen molar-refractivity contribution in [3.8, 4) is 5.75 Å². The van der Waals surface area contributed by atoms with E-state index in [9.17, 15) is 53.7 Å². The van der Waals surface area contributed by atoms with E-state index >= 15 is 0 Å². The highest BCUT2D eigenvalue weighted by atomic mass is 16.4. The third kappa shape index (κ3) is 20.4. The number of carbonyl (C=O) groups excluding carboxylic acids is 6. The molecule has 386 valence electrons. The molecule has 2 aromatic carbocycles. The summed E-state index contributed by atoms with van der Waals surface area (Å²) in [6, 6.07) is 12.0. The number of nitrogens with zero attached hydrogens (tertiary/aromatic N) is 4. The molecule has 7 atom stereocenters. The van der Waals surface area contributed by atoms with Gasteiger partial charge in [-0.1, -0.05) is 56.7 Å². The van der Waals surface area contributed by atoms with Crippen LogP contribution >= 0.6 is 0 Å². The number of nitrogens with one attached hydrogen (secondary N) is 2. The van der Waals surface area contributed by atoms with Crippen LogP contribution in [0.25, 0.3) is 0 Å². The Morgan fingerprint density at radius 3 is 1.91 bits per heavy atom. The van der Waals surface area contributed by atoms with Gasteiger partial charge in [-0.15, -0.1) is 0 Å². The molecule has 0 saturated carbocycles. The van der Waals surface area contributed by atoms with Crippen molar-refractivity contribution in [3.63, 3.8) is 0 Å². The predicted octanol–water partition coefficient (Wildman–Crippen LogP) is 3.05. The van der Waals surface area contributed by atoms with Gasteiger partial charge >= 0.3 is 11.9 Å². The van der Waals surface area contributed by atoms with Crippen molar-refractivity contribution >= 4 is 47.0 Å². The molecule has 0 spiro atoms. The minimum absolute atomic E-state index is 0.0231. The number of carbonyl (C=O) groups is 8. The number of benzene rings is 2. The molecule has 2 bridgehead atoms. The normalized spacial score (nSPS) is 19.4. The minimum Gasteiger partial charge on any atom is -0.508 e. The zero-order chi connectivity index (χ0) is 51.2. The topological polar surface area (TPSA) is 260 Å². The zero-order valence-electron chi connectivity index (χ0n) is 41.4. The van der Waals surface area contributed by atoms with Gasteiger partial charge in [-0.3, -0.25) is 43.4 Å². The van der Waals surface area contributed by atoms with Gasteiger partial charge in [0.05, 0.1) is 12.6 Å². The molecule has 0 aliphatic carbocycles. The van der Waals surface area contributed by atoms with E-state index in [1.54, 1.807) is 12.1 Å². The summed E-state index contributed by atoms with van der Waals surface area (Å²) in [5, 5.41) is 35.1. The summed E-state index contributed by atoms with van der Waals surface area (Å²) < 4.78 is 0. The van der Waals surface area contributed by atoms with Crippen LogP contribution in [0.2, 0.25) is 0 Å². The van der Waals surface area contributed by atoms with Gasteiger partial charge in [0, 0.05) is 103 Å². The third-order valence-corrected chi connectivity index (χ3v) is 13.7. The number of aliphatic carboxylic acids is 2. The summed E-state index contributed by atoms with van der Waals surface area (Å²) in [5.41, 5.74) is 7.85. The number of phenols is 1. The minimum atomic E-state index is -0.952. The Morgan fingerprint density at radius 1 is 0.686 bits per heavy atom. The fraction of sp³-hybridized carbons (Fsp3) is 0.615. The predicted molar refractivity (Wildman–Crippen MR) is 264 cm³/mol. The number of nitrogens with two attached hydrogens (primary N) is 1. The number of amides is 3. The fourth-order valence-corrected chi connectivity index (χ4v) is 9.31. The molecular formula is C52H77N7O11. The van der Waals surface area contributed by atoms with Crippen LogP contribution in [-0.2, 0) is 57.7 Å². The van der Waals surface area contributed by atoms with Gasteiger partial charge in [-0.25, -0.2) is 0 Å². The average molecular weight is 976 g/mol. The first-order valence-corrected chi connectivity index (χ1v) is 25.0. The van der Waals surface area contributed by atoms with Crippen LogP contribution in [0.1, 0.15) is 102 Å². The molecule has 2 aliphatic rings. The van der Waals surface area contributed by atoms with Crippen LogP contribution < -0.4 is 16.4 Å². The largest absolute Gasteiger partial charge is 0.508 e. The Morgan fingerprint density at radius 2 is 1.30 bits per heavy atom. The Kier molecular flexibility index (Phi) is 24.1. The first-order valence-electron chi connectivity index (χ1n) is 25.0. The standard InChI is InChI=1S/C52H77N7O11/c1-4-36(2)49(55-51(68)42(31-37(3)60)32-39-12-16-43(61)17-13-39)46(63)33-41(14-20-47(53)64)50(67)54-34-40-9-7-38(8-10-40)11-15-44(62)18-19-45(52(69)70)59-24-6-22-56-25-26-57(29-30-59)21-5-23-58(28-27-56)35-48(65)66/h7-10,12-13,16-17,36,41-42,45,49,61H,4-6,11,14-15,18-35H2,1-3H3,(H2,53,64)(H,54,67)(H,55,68)(H,65,66)(H,69,70)/t36?,41-,42+,45?,49+/m1/s1. The van der Waals surface area contributed by atoms with E-state index in [4.69, 9.17) is 5.73 Å². The molecule has 18 nitrogen and oxygen atoms in total. The zero-order valence-corrected chi connectivity index (χ0v) is 41.4. The summed E-state index contributed by atoms with van der Waals surface area (Å²) in [4.78, 5) is 111. The smallest absolute Gasteiger partial charge is 0.320 e. The number of hydrogen-bond donors (Lipinski definition) is 6. The quantitative estimate of drug-likeness (QED) is 0.0752. The van der Waals surface area contributed by atoms with Crippen LogP contribution in [-0.4, -0.2) is 166 Å². The number of carboxylic acids is 2. The number of rotatable bonds is 27. The summed E-state index contributed by atoms with van der Waals surface area (Å²) in [7, 11) is 0. The molecule has 0 aromatic heterocycles. The summed E-state index contributed by atoms with van der Waals surface area (Å²) in [6.07, 6.45) is 2.99. The Bertz CT molecular complexity index is 2050. The Balaban J connectivity index is 1.29. The Hall–Kier alpha value is -5.56.